The van der Waals surface area contributed by atoms with Crippen molar-refractivity contribution in [2.45, 2.75) is 18.9 Å². The number of nitrogens with one attached hydrogen (secondary N) is 1. The maximum atomic E-state index is 13.3. The highest BCUT2D eigenvalue weighted by molar-refractivity contribution is 5.97. The standard InChI is InChI=1S/C20H21FN2O3/c1-26-18-8-3-2-7-17(18)19(24)22-16-9-11-23(12-10-16)20(25)14-5-4-6-15(21)13-14/h2-8,13,16H,9-12H2,1H3,(H,22,24). The number of carbonyl (C=O) groups is 2. The first-order chi connectivity index (χ1) is 12.6. The lowest BCUT2D eigenvalue weighted by Gasteiger charge is -2.32. The van der Waals surface area contributed by atoms with Gasteiger partial charge in [0.2, 0.25) is 0 Å². The summed E-state index contributed by atoms with van der Waals surface area (Å²) in [5.41, 5.74) is 0.842. The number of piperidine rings is 1. The first-order valence-electron chi connectivity index (χ1n) is 8.57. The Kier molecular flexibility index (Phi) is 5.51. The first-order valence-corrected chi connectivity index (χ1v) is 8.57. The molecule has 2 aromatic rings. The van der Waals surface area contributed by atoms with Crippen LogP contribution in [-0.4, -0.2) is 43.0 Å². The molecule has 1 heterocycles. The molecule has 0 aliphatic carbocycles. The number of halogens is 1. The average molecular weight is 356 g/mol. The molecule has 3 rings (SSSR count). The van der Waals surface area contributed by atoms with Crippen molar-refractivity contribution in [3.8, 4) is 5.75 Å². The summed E-state index contributed by atoms with van der Waals surface area (Å²) in [4.78, 5) is 26.6. The van der Waals surface area contributed by atoms with Crippen LogP contribution in [0.5, 0.6) is 5.75 Å². The largest absolute Gasteiger partial charge is 0.496 e. The lowest BCUT2D eigenvalue weighted by molar-refractivity contribution is 0.0697. The zero-order valence-electron chi connectivity index (χ0n) is 14.6. The molecule has 0 saturated carbocycles. The summed E-state index contributed by atoms with van der Waals surface area (Å²) in [6.07, 6.45) is 1.31. The molecule has 0 radical (unpaired) electrons. The lowest BCUT2D eigenvalue weighted by atomic mass is 10.0. The summed E-state index contributed by atoms with van der Waals surface area (Å²) >= 11 is 0. The summed E-state index contributed by atoms with van der Waals surface area (Å²) in [6, 6.07) is 12.8. The minimum atomic E-state index is -0.421. The zero-order chi connectivity index (χ0) is 18.5. The molecule has 2 amide bonds. The van der Waals surface area contributed by atoms with Crippen molar-refractivity contribution in [3.63, 3.8) is 0 Å². The van der Waals surface area contributed by atoms with E-state index in [2.05, 4.69) is 5.32 Å². The van der Waals surface area contributed by atoms with Crippen LogP contribution in [0.2, 0.25) is 0 Å². The van der Waals surface area contributed by atoms with Gasteiger partial charge in [-0.2, -0.15) is 0 Å². The molecule has 0 aromatic heterocycles. The molecular formula is C20H21FN2O3. The molecular weight excluding hydrogens is 335 g/mol. The Morgan fingerprint density at radius 3 is 2.54 bits per heavy atom. The highest BCUT2D eigenvalue weighted by Gasteiger charge is 2.25. The van der Waals surface area contributed by atoms with Crippen molar-refractivity contribution >= 4 is 11.8 Å². The van der Waals surface area contributed by atoms with Crippen molar-refractivity contribution in [1.29, 1.82) is 0 Å². The van der Waals surface area contributed by atoms with E-state index >= 15 is 0 Å². The highest BCUT2D eigenvalue weighted by Crippen LogP contribution is 2.19. The van der Waals surface area contributed by atoms with Gasteiger partial charge < -0.3 is 15.0 Å². The van der Waals surface area contributed by atoms with E-state index in [0.29, 0.717) is 42.8 Å². The number of ether oxygens (including phenoxy) is 1. The maximum Gasteiger partial charge on any atom is 0.255 e. The van der Waals surface area contributed by atoms with Crippen LogP contribution in [0.1, 0.15) is 33.6 Å². The van der Waals surface area contributed by atoms with E-state index in [4.69, 9.17) is 4.74 Å². The van der Waals surface area contributed by atoms with Gasteiger partial charge in [-0.05, 0) is 43.2 Å². The van der Waals surface area contributed by atoms with Crippen LogP contribution >= 0.6 is 0 Å². The number of rotatable bonds is 4. The summed E-state index contributed by atoms with van der Waals surface area (Å²) in [7, 11) is 1.53. The second-order valence-corrected chi connectivity index (χ2v) is 6.25. The van der Waals surface area contributed by atoms with Gasteiger partial charge >= 0.3 is 0 Å². The van der Waals surface area contributed by atoms with Crippen LogP contribution in [0.15, 0.2) is 48.5 Å². The van der Waals surface area contributed by atoms with Gasteiger partial charge in [-0.15, -0.1) is 0 Å². The fraction of sp³-hybridized carbons (Fsp3) is 0.300. The quantitative estimate of drug-likeness (QED) is 0.916. The third-order valence-electron chi connectivity index (χ3n) is 4.54. The molecule has 1 aliphatic heterocycles. The van der Waals surface area contributed by atoms with Crippen molar-refractivity contribution in [1.82, 2.24) is 10.2 Å². The van der Waals surface area contributed by atoms with Gasteiger partial charge in [-0.1, -0.05) is 18.2 Å². The molecule has 1 aliphatic rings. The Morgan fingerprint density at radius 2 is 1.85 bits per heavy atom. The van der Waals surface area contributed by atoms with Crippen molar-refractivity contribution in [2.24, 2.45) is 0 Å². The topological polar surface area (TPSA) is 58.6 Å². The number of amides is 2. The molecule has 6 heteroatoms. The molecule has 1 saturated heterocycles. The number of hydrogen-bond donors (Lipinski definition) is 1. The Labute approximate surface area is 151 Å². The second kappa shape index (κ2) is 7.99. The smallest absolute Gasteiger partial charge is 0.255 e. The fourth-order valence-electron chi connectivity index (χ4n) is 3.13. The van der Waals surface area contributed by atoms with E-state index in [1.807, 2.05) is 6.07 Å². The summed E-state index contributed by atoms with van der Waals surface area (Å²) in [5.74, 6) is -0.255. The molecule has 0 bridgehead atoms. The highest BCUT2D eigenvalue weighted by atomic mass is 19.1. The number of carbonyl (C=O) groups excluding carboxylic acids is 2. The predicted octanol–water partition coefficient (Wildman–Crippen LogP) is 2.87. The van der Waals surface area contributed by atoms with E-state index in [9.17, 15) is 14.0 Å². The maximum absolute atomic E-state index is 13.3. The van der Waals surface area contributed by atoms with E-state index < -0.39 is 5.82 Å². The number of likely N-dealkylation sites (tertiary alicyclic amines) is 1. The van der Waals surface area contributed by atoms with Crippen LogP contribution in [0.4, 0.5) is 4.39 Å². The molecule has 2 aromatic carbocycles. The van der Waals surface area contributed by atoms with Gasteiger partial charge in [-0.3, -0.25) is 9.59 Å². The van der Waals surface area contributed by atoms with Gasteiger partial charge in [0.05, 0.1) is 12.7 Å². The number of benzene rings is 2. The zero-order valence-corrected chi connectivity index (χ0v) is 14.6. The van der Waals surface area contributed by atoms with Crippen LogP contribution in [0.25, 0.3) is 0 Å². The van der Waals surface area contributed by atoms with Gasteiger partial charge in [0.15, 0.2) is 0 Å². The number of nitrogens with zero attached hydrogens (tertiary/aromatic N) is 1. The van der Waals surface area contributed by atoms with Crippen LogP contribution in [0, 0.1) is 5.82 Å². The molecule has 26 heavy (non-hydrogen) atoms. The first kappa shape index (κ1) is 17.9. The molecule has 1 fully saturated rings. The molecule has 136 valence electrons. The SMILES string of the molecule is COc1ccccc1C(=O)NC1CCN(C(=O)c2cccc(F)c2)CC1. The van der Waals surface area contributed by atoms with Gasteiger partial charge in [0, 0.05) is 24.7 Å². The van der Waals surface area contributed by atoms with Crippen molar-refractivity contribution < 1.29 is 18.7 Å². The van der Waals surface area contributed by atoms with Crippen LogP contribution < -0.4 is 10.1 Å². The summed E-state index contributed by atoms with van der Waals surface area (Å²) in [6.45, 7) is 1.04. The van der Waals surface area contributed by atoms with E-state index in [1.54, 1.807) is 29.2 Å². The average Bonchev–Trinajstić information content (AvgIpc) is 2.68. The second-order valence-electron chi connectivity index (χ2n) is 6.25. The molecule has 1 N–H and O–H groups in total. The Morgan fingerprint density at radius 1 is 1.12 bits per heavy atom. The molecule has 0 unspecified atom stereocenters. The Bertz CT molecular complexity index is 801. The normalized spacial score (nSPS) is 14.8. The number of methoxy groups -OCH3 is 1. The van der Waals surface area contributed by atoms with Crippen LogP contribution in [-0.2, 0) is 0 Å². The van der Waals surface area contributed by atoms with Crippen LogP contribution in [0.3, 0.4) is 0 Å². The third-order valence-corrected chi connectivity index (χ3v) is 4.54. The van der Waals surface area contributed by atoms with Gasteiger partial charge in [0.1, 0.15) is 11.6 Å². The van der Waals surface area contributed by atoms with E-state index in [-0.39, 0.29) is 17.9 Å². The van der Waals surface area contributed by atoms with Gasteiger partial charge in [0.25, 0.3) is 11.8 Å². The monoisotopic (exact) mass is 356 g/mol. The molecule has 5 nitrogen and oxygen atoms in total. The Hall–Kier alpha value is -2.89. The van der Waals surface area contributed by atoms with Crippen molar-refractivity contribution in [2.75, 3.05) is 20.2 Å². The third kappa shape index (κ3) is 4.02. The minimum absolute atomic E-state index is 0.0102. The minimum Gasteiger partial charge on any atom is -0.496 e. The molecule has 0 spiro atoms. The fourth-order valence-corrected chi connectivity index (χ4v) is 3.13. The van der Waals surface area contributed by atoms with Gasteiger partial charge in [-0.25, -0.2) is 4.39 Å². The Balaban J connectivity index is 1.57. The lowest BCUT2D eigenvalue weighted by Crippen LogP contribution is -2.46. The summed E-state index contributed by atoms with van der Waals surface area (Å²) < 4.78 is 18.5. The molecule has 0 atom stereocenters. The predicted molar refractivity (Wildman–Crippen MR) is 95.8 cm³/mol. The number of para-hydroxylation sites is 1. The van der Waals surface area contributed by atoms with Crippen molar-refractivity contribution in [3.05, 3.63) is 65.5 Å². The van der Waals surface area contributed by atoms with E-state index in [0.717, 1.165) is 0 Å². The summed E-state index contributed by atoms with van der Waals surface area (Å²) in [5, 5.41) is 3.00. The number of hydrogen-bond acceptors (Lipinski definition) is 3. The van der Waals surface area contributed by atoms with E-state index in [1.165, 1.54) is 25.3 Å².